The van der Waals surface area contributed by atoms with E-state index in [9.17, 15) is 36.3 Å². The standard InChI is InChI=1S/C20H17F5N2O7/c1-7-5-27(12-4-10(32-9(3)29)11(33-12)6-31-8(2)28)20(30)26-19(7)34-18-16(24)14(22)13(21)15(23)17(18)25/h5,10-12H,4,6H2,1-3H3/t10-,11+,12+/m0/s1. The van der Waals surface area contributed by atoms with Crippen molar-refractivity contribution in [3.05, 3.63) is 51.3 Å². The first kappa shape index (κ1) is 25.1. The molecule has 0 unspecified atom stereocenters. The summed E-state index contributed by atoms with van der Waals surface area (Å²) in [7, 11) is 0. The van der Waals surface area contributed by atoms with E-state index < -0.39 is 76.8 Å². The molecule has 0 bridgehead atoms. The maximum atomic E-state index is 13.9. The van der Waals surface area contributed by atoms with Crippen molar-refractivity contribution in [2.45, 2.75) is 45.6 Å². The maximum Gasteiger partial charge on any atom is 0.353 e. The minimum Gasteiger partial charge on any atom is -0.463 e. The Labute approximate surface area is 188 Å². The monoisotopic (exact) mass is 492 g/mol. The Bertz CT molecular complexity index is 1170. The number of aromatic nitrogens is 2. The van der Waals surface area contributed by atoms with Crippen LogP contribution >= 0.6 is 0 Å². The van der Waals surface area contributed by atoms with Crippen molar-refractivity contribution in [2.75, 3.05) is 6.61 Å². The van der Waals surface area contributed by atoms with Crippen LogP contribution in [0.1, 0.15) is 32.1 Å². The van der Waals surface area contributed by atoms with Gasteiger partial charge >= 0.3 is 17.6 Å². The molecule has 34 heavy (non-hydrogen) atoms. The molecule has 1 saturated heterocycles. The van der Waals surface area contributed by atoms with Gasteiger partial charge in [0.25, 0.3) is 0 Å². The predicted molar refractivity (Wildman–Crippen MR) is 100 cm³/mol. The Balaban J connectivity index is 1.90. The van der Waals surface area contributed by atoms with Crippen molar-refractivity contribution < 1.29 is 50.5 Å². The first-order valence-corrected chi connectivity index (χ1v) is 9.65. The van der Waals surface area contributed by atoms with Gasteiger partial charge in [-0.1, -0.05) is 0 Å². The molecule has 14 heteroatoms. The van der Waals surface area contributed by atoms with Gasteiger partial charge < -0.3 is 18.9 Å². The molecule has 184 valence electrons. The second-order valence-corrected chi connectivity index (χ2v) is 7.24. The van der Waals surface area contributed by atoms with Gasteiger partial charge in [0.2, 0.25) is 40.7 Å². The molecule has 0 N–H and O–H groups in total. The SMILES string of the molecule is CC(=O)OC[C@H]1O[C@@H](n2cc(C)c(Oc3c(F)c(F)c(F)c(F)c3F)nc2=O)C[C@@H]1OC(C)=O. The van der Waals surface area contributed by atoms with E-state index in [0.717, 1.165) is 24.6 Å². The van der Waals surface area contributed by atoms with Crippen LogP contribution in [0.5, 0.6) is 11.6 Å². The molecule has 1 aromatic heterocycles. The van der Waals surface area contributed by atoms with Gasteiger partial charge in [-0.05, 0) is 6.92 Å². The third-order valence-electron chi connectivity index (χ3n) is 4.72. The zero-order valence-corrected chi connectivity index (χ0v) is 17.9. The maximum absolute atomic E-state index is 13.9. The van der Waals surface area contributed by atoms with E-state index in [2.05, 4.69) is 4.98 Å². The third-order valence-corrected chi connectivity index (χ3v) is 4.72. The first-order valence-electron chi connectivity index (χ1n) is 9.65. The summed E-state index contributed by atoms with van der Waals surface area (Å²) in [6, 6.07) is 0. The Morgan fingerprint density at radius 1 is 1.06 bits per heavy atom. The number of carbonyl (C=O) groups is 2. The van der Waals surface area contributed by atoms with Crippen LogP contribution in [-0.4, -0.2) is 40.3 Å². The van der Waals surface area contributed by atoms with Gasteiger partial charge in [0.1, 0.15) is 25.0 Å². The topological polar surface area (TPSA) is 106 Å². The summed E-state index contributed by atoms with van der Waals surface area (Å²) in [4.78, 5) is 38.5. The number of ether oxygens (including phenoxy) is 4. The lowest BCUT2D eigenvalue weighted by Crippen LogP contribution is -2.31. The van der Waals surface area contributed by atoms with Crippen molar-refractivity contribution in [1.29, 1.82) is 0 Å². The normalized spacial score (nSPS) is 19.7. The summed E-state index contributed by atoms with van der Waals surface area (Å²) >= 11 is 0. The number of benzene rings is 1. The number of hydrogen-bond acceptors (Lipinski definition) is 8. The Hall–Kier alpha value is -3.55. The molecule has 2 heterocycles. The molecule has 1 aromatic carbocycles. The molecule has 1 aliphatic rings. The molecule has 9 nitrogen and oxygen atoms in total. The van der Waals surface area contributed by atoms with Gasteiger partial charge in [-0.3, -0.25) is 14.2 Å². The number of halogens is 5. The van der Waals surface area contributed by atoms with Gasteiger partial charge in [-0.25, -0.2) is 18.0 Å². The number of aryl methyl sites for hydroxylation is 1. The van der Waals surface area contributed by atoms with E-state index in [1.54, 1.807) is 0 Å². The van der Waals surface area contributed by atoms with Crippen LogP contribution < -0.4 is 10.4 Å². The molecule has 0 saturated carbocycles. The fourth-order valence-corrected chi connectivity index (χ4v) is 3.19. The fraction of sp³-hybridized carbons (Fsp3) is 0.400. The Kier molecular flexibility index (Phi) is 7.19. The lowest BCUT2D eigenvalue weighted by molar-refractivity contribution is -0.155. The van der Waals surface area contributed by atoms with Gasteiger partial charge in [-0.2, -0.15) is 13.8 Å². The molecular formula is C20H17F5N2O7. The minimum atomic E-state index is -2.37. The summed E-state index contributed by atoms with van der Waals surface area (Å²) in [6.07, 6.45) is -1.76. The van der Waals surface area contributed by atoms with Crippen LogP contribution in [0.4, 0.5) is 22.0 Å². The first-order chi connectivity index (χ1) is 15.9. The highest BCUT2D eigenvalue weighted by Gasteiger charge is 2.40. The van der Waals surface area contributed by atoms with Crippen molar-refractivity contribution in [1.82, 2.24) is 9.55 Å². The van der Waals surface area contributed by atoms with Crippen molar-refractivity contribution in [3.8, 4) is 11.6 Å². The molecule has 2 aromatic rings. The summed E-state index contributed by atoms with van der Waals surface area (Å²) in [6.45, 7) is 3.33. The zero-order valence-electron chi connectivity index (χ0n) is 17.9. The lowest BCUT2D eigenvalue weighted by Gasteiger charge is -2.18. The molecule has 0 spiro atoms. The van der Waals surface area contributed by atoms with Crippen LogP contribution in [0.25, 0.3) is 0 Å². The van der Waals surface area contributed by atoms with E-state index in [4.69, 9.17) is 18.9 Å². The summed E-state index contributed by atoms with van der Waals surface area (Å²) in [5, 5.41) is 0. The van der Waals surface area contributed by atoms with Crippen molar-refractivity contribution in [2.24, 2.45) is 0 Å². The van der Waals surface area contributed by atoms with Gasteiger partial charge in [0, 0.05) is 32.0 Å². The number of esters is 2. The van der Waals surface area contributed by atoms with Crippen molar-refractivity contribution in [3.63, 3.8) is 0 Å². The van der Waals surface area contributed by atoms with E-state index in [0.29, 0.717) is 0 Å². The van der Waals surface area contributed by atoms with Gasteiger partial charge in [-0.15, -0.1) is 0 Å². The highest BCUT2D eigenvalue weighted by molar-refractivity contribution is 5.66. The fourth-order valence-electron chi connectivity index (χ4n) is 3.19. The largest absolute Gasteiger partial charge is 0.463 e. The molecule has 0 radical (unpaired) electrons. The summed E-state index contributed by atoms with van der Waals surface area (Å²) in [5.74, 6) is -14.9. The molecule has 0 amide bonds. The number of nitrogens with zero attached hydrogens (tertiary/aromatic N) is 2. The van der Waals surface area contributed by atoms with Crippen LogP contribution in [0, 0.1) is 36.0 Å². The lowest BCUT2D eigenvalue weighted by atomic mass is 10.2. The molecular weight excluding hydrogens is 475 g/mol. The predicted octanol–water partition coefficient (Wildman–Crippen LogP) is 2.82. The molecule has 3 atom stereocenters. The Morgan fingerprint density at radius 2 is 1.65 bits per heavy atom. The second kappa shape index (κ2) is 9.75. The minimum absolute atomic E-state index is 0.0281. The molecule has 3 rings (SSSR count). The summed E-state index contributed by atoms with van der Waals surface area (Å²) < 4.78 is 89.3. The molecule has 1 fully saturated rings. The molecule has 0 aliphatic carbocycles. The van der Waals surface area contributed by atoms with Gasteiger partial charge in [0.15, 0.2) is 0 Å². The smallest absolute Gasteiger partial charge is 0.353 e. The highest BCUT2D eigenvalue weighted by atomic mass is 19.2. The highest BCUT2D eigenvalue weighted by Crippen LogP contribution is 2.34. The average Bonchev–Trinajstić information content (AvgIpc) is 3.16. The Morgan fingerprint density at radius 3 is 2.21 bits per heavy atom. The van der Waals surface area contributed by atoms with E-state index in [-0.39, 0.29) is 18.6 Å². The van der Waals surface area contributed by atoms with Crippen LogP contribution in [0.15, 0.2) is 11.0 Å². The summed E-state index contributed by atoms with van der Waals surface area (Å²) in [5.41, 5.74) is -1.09. The second-order valence-electron chi connectivity index (χ2n) is 7.24. The van der Waals surface area contributed by atoms with E-state index in [1.165, 1.54) is 6.92 Å². The molecule has 1 aliphatic heterocycles. The van der Waals surface area contributed by atoms with Crippen LogP contribution in [-0.2, 0) is 23.8 Å². The third kappa shape index (κ3) is 5.00. The number of carbonyl (C=O) groups excluding carboxylic acids is 2. The van der Waals surface area contributed by atoms with E-state index >= 15 is 0 Å². The van der Waals surface area contributed by atoms with Crippen LogP contribution in [0.3, 0.4) is 0 Å². The quantitative estimate of drug-likeness (QED) is 0.262. The number of rotatable bonds is 6. The average molecular weight is 492 g/mol. The zero-order chi connectivity index (χ0) is 25.3. The van der Waals surface area contributed by atoms with Gasteiger partial charge in [0.05, 0.1) is 0 Å². The van der Waals surface area contributed by atoms with E-state index in [1.807, 2.05) is 0 Å². The van der Waals surface area contributed by atoms with Crippen LogP contribution in [0.2, 0.25) is 0 Å². The van der Waals surface area contributed by atoms with Crippen molar-refractivity contribution >= 4 is 11.9 Å². The number of hydrogen-bond donors (Lipinski definition) is 0.